The summed E-state index contributed by atoms with van der Waals surface area (Å²) < 4.78 is 2.51. The lowest BCUT2D eigenvalue weighted by molar-refractivity contribution is 1.04. The molecule has 20 heavy (non-hydrogen) atoms. The molecule has 2 heterocycles. The Kier molecular flexibility index (Phi) is 3.82. The molecule has 0 aliphatic rings. The van der Waals surface area contributed by atoms with Gasteiger partial charge in [-0.3, -0.25) is 9.20 Å². The van der Waals surface area contributed by atoms with Crippen molar-refractivity contribution in [2.45, 2.75) is 10.6 Å². The third kappa shape index (κ3) is 2.74. The molecule has 1 aromatic carbocycles. The molecule has 0 aliphatic heterocycles. The van der Waals surface area contributed by atoms with Crippen LogP contribution in [-0.2, 0) is 5.75 Å². The van der Waals surface area contributed by atoms with Gasteiger partial charge in [-0.2, -0.15) is 0 Å². The number of aromatic nitrogens is 2. The molecule has 3 rings (SSSR count). The lowest BCUT2D eigenvalue weighted by Gasteiger charge is -2.05. The summed E-state index contributed by atoms with van der Waals surface area (Å²) in [6.07, 6.45) is 1.74. The van der Waals surface area contributed by atoms with E-state index in [4.69, 9.17) is 5.73 Å². The Balaban J connectivity index is 1.84. The van der Waals surface area contributed by atoms with Gasteiger partial charge in [-0.05, 0) is 34.1 Å². The second-order valence-corrected chi connectivity index (χ2v) is 6.86. The lowest BCUT2D eigenvalue weighted by Crippen LogP contribution is -2.12. The summed E-state index contributed by atoms with van der Waals surface area (Å²) >= 11 is 6.56. The molecule has 2 aromatic heterocycles. The average Bonchev–Trinajstić information content (AvgIpc) is 2.86. The number of fused-ring (bicyclic) bond motifs is 1. The Morgan fingerprint density at radius 3 is 3.05 bits per heavy atom. The largest absolute Gasteiger partial charge is 0.399 e. The first kappa shape index (κ1) is 13.7. The molecule has 0 aliphatic carbocycles. The molecule has 0 bridgehead atoms. The zero-order chi connectivity index (χ0) is 14.1. The van der Waals surface area contributed by atoms with E-state index in [-0.39, 0.29) is 5.56 Å². The number of rotatable bonds is 3. The standard InChI is InChI=1S/C13H10BrN3OS2/c14-10-5-8(15)1-2-11(10)20-7-9-6-12(18)17-3-4-19-13(17)16-9/h1-6H,7,15H2. The maximum absolute atomic E-state index is 11.9. The zero-order valence-electron chi connectivity index (χ0n) is 10.2. The van der Waals surface area contributed by atoms with Gasteiger partial charge in [0.15, 0.2) is 4.96 Å². The minimum atomic E-state index is -0.0387. The van der Waals surface area contributed by atoms with Gasteiger partial charge in [-0.1, -0.05) is 0 Å². The van der Waals surface area contributed by atoms with Crippen molar-refractivity contribution in [2.24, 2.45) is 0 Å². The van der Waals surface area contributed by atoms with Crippen molar-refractivity contribution in [1.82, 2.24) is 9.38 Å². The fraction of sp³-hybridized carbons (Fsp3) is 0.0769. The molecule has 0 amide bonds. The molecule has 0 saturated heterocycles. The van der Waals surface area contributed by atoms with E-state index in [2.05, 4.69) is 20.9 Å². The Labute approximate surface area is 131 Å². The van der Waals surface area contributed by atoms with Gasteiger partial charge in [0, 0.05) is 38.5 Å². The number of nitrogens with zero attached hydrogens (tertiary/aromatic N) is 2. The molecule has 0 saturated carbocycles. The molecule has 3 aromatic rings. The molecule has 0 radical (unpaired) electrons. The van der Waals surface area contributed by atoms with E-state index in [1.54, 1.807) is 28.4 Å². The van der Waals surface area contributed by atoms with E-state index in [9.17, 15) is 4.79 Å². The monoisotopic (exact) mass is 367 g/mol. The van der Waals surface area contributed by atoms with Gasteiger partial charge in [-0.15, -0.1) is 23.1 Å². The van der Waals surface area contributed by atoms with E-state index in [1.807, 2.05) is 23.6 Å². The van der Waals surface area contributed by atoms with Crippen LogP contribution >= 0.6 is 39.0 Å². The second-order valence-electron chi connectivity index (χ2n) is 4.12. The van der Waals surface area contributed by atoms with Crippen molar-refractivity contribution in [2.75, 3.05) is 5.73 Å². The number of nitrogens with two attached hydrogens (primary N) is 1. The third-order valence-electron chi connectivity index (χ3n) is 2.69. The predicted octanol–water partition coefficient (Wildman–Crippen LogP) is 3.39. The van der Waals surface area contributed by atoms with Crippen LogP contribution in [0.25, 0.3) is 4.96 Å². The number of thiazole rings is 1. The second kappa shape index (κ2) is 5.59. The zero-order valence-corrected chi connectivity index (χ0v) is 13.5. The van der Waals surface area contributed by atoms with Crippen molar-refractivity contribution in [3.8, 4) is 0 Å². The van der Waals surface area contributed by atoms with Crippen molar-refractivity contribution >= 4 is 49.7 Å². The maximum atomic E-state index is 11.9. The maximum Gasteiger partial charge on any atom is 0.258 e. The van der Waals surface area contributed by atoms with Crippen LogP contribution < -0.4 is 11.3 Å². The third-order valence-corrected chi connectivity index (χ3v) is 5.47. The highest BCUT2D eigenvalue weighted by atomic mass is 79.9. The van der Waals surface area contributed by atoms with Crippen molar-refractivity contribution in [1.29, 1.82) is 0 Å². The van der Waals surface area contributed by atoms with Crippen molar-refractivity contribution in [3.05, 3.63) is 56.4 Å². The Morgan fingerprint density at radius 1 is 1.40 bits per heavy atom. The quantitative estimate of drug-likeness (QED) is 0.569. The Morgan fingerprint density at radius 2 is 2.25 bits per heavy atom. The smallest absolute Gasteiger partial charge is 0.258 e. The summed E-state index contributed by atoms with van der Waals surface area (Å²) in [4.78, 5) is 18.2. The number of nitrogen functional groups attached to an aromatic ring is 1. The first-order valence-electron chi connectivity index (χ1n) is 5.77. The van der Waals surface area contributed by atoms with Crippen LogP contribution in [0.15, 0.2) is 50.0 Å². The minimum Gasteiger partial charge on any atom is -0.399 e. The van der Waals surface area contributed by atoms with Gasteiger partial charge in [0.25, 0.3) is 5.56 Å². The van der Waals surface area contributed by atoms with E-state index < -0.39 is 0 Å². The fourth-order valence-electron chi connectivity index (χ4n) is 1.75. The Hall–Kier alpha value is -1.31. The number of anilines is 1. The van der Waals surface area contributed by atoms with Crippen molar-refractivity contribution in [3.63, 3.8) is 0 Å². The first-order valence-corrected chi connectivity index (χ1v) is 8.43. The molecule has 0 atom stereocenters. The molecular formula is C13H10BrN3OS2. The highest BCUT2D eigenvalue weighted by Crippen LogP contribution is 2.31. The number of hydrogen-bond acceptors (Lipinski definition) is 5. The number of halogens is 1. The first-order chi connectivity index (χ1) is 9.63. The Bertz CT molecular complexity index is 828. The average molecular weight is 368 g/mol. The molecule has 0 spiro atoms. The van der Waals surface area contributed by atoms with E-state index in [0.717, 1.165) is 25.7 Å². The van der Waals surface area contributed by atoms with Crippen LogP contribution in [-0.4, -0.2) is 9.38 Å². The summed E-state index contributed by atoms with van der Waals surface area (Å²) in [5, 5.41) is 1.86. The van der Waals surface area contributed by atoms with Crippen LogP contribution in [0.4, 0.5) is 5.69 Å². The molecule has 2 N–H and O–H groups in total. The molecule has 0 unspecified atom stereocenters. The minimum absolute atomic E-state index is 0.0387. The predicted molar refractivity (Wildman–Crippen MR) is 87.5 cm³/mol. The lowest BCUT2D eigenvalue weighted by atomic mass is 10.3. The van der Waals surface area contributed by atoms with Gasteiger partial charge in [0.05, 0.1) is 5.69 Å². The van der Waals surface area contributed by atoms with Gasteiger partial charge in [-0.25, -0.2) is 4.98 Å². The summed E-state index contributed by atoms with van der Waals surface area (Å²) in [6.45, 7) is 0. The molecule has 4 nitrogen and oxygen atoms in total. The van der Waals surface area contributed by atoms with Gasteiger partial charge >= 0.3 is 0 Å². The molecule has 102 valence electrons. The van der Waals surface area contributed by atoms with Gasteiger partial charge < -0.3 is 5.73 Å². The number of thioether (sulfide) groups is 1. The topological polar surface area (TPSA) is 60.4 Å². The van der Waals surface area contributed by atoms with Crippen LogP contribution in [0.1, 0.15) is 5.69 Å². The normalized spacial score (nSPS) is 11.1. The highest BCUT2D eigenvalue weighted by molar-refractivity contribution is 9.10. The number of hydrogen-bond donors (Lipinski definition) is 1. The fourth-order valence-corrected chi connectivity index (χ4v) is 4.04. The van der Waals surface area contributed by atoms with Gasteiger partial charge in [0.1, 0.15) is 0 Å². The summed E-state index contributed by atoms with van der Waals surface area (Å²) in [6, 6.07) is 7.27. The molecule has 0 fully saturated rings. The highest BCUT2D eigenvalue weighted by Gasteiger charge is 2.06. The van der Waals surface area contributed by atoms with Crippen LogP contribution in [0.5, 0.6) is 0 Å². The number of benzene rings is 1. The van der Waals surface area contributed by atoms with Crippen LogP contribution in [0, 0.1) is 0 Å². The summed E-state index contributed by atoms with van der Waals surface area (Å²) in [5.41, 5.74) is 7.18. The van der Waals surface area contributed by atoms with Crippen molar-refractivity contribution < 1.29 is 0 Å². The molecule has 7 heteroatoms. The van der Waals surface area contributed by atoms with Crippen LogP contribution in [0.2, 0.25) is 0 Å². The summed E-state index contributed by atoms with van der Waals surface area (Å²) in [7, 11) is 0. The van der Waals surface area contributed by atoms with E-state index >= 15 is 0 Å². The van der Waals surface area contributed by atoms with Crippen LogP contribution in [0.3, 0.4) is 0 Å². The van der Waals surface area contributed by atoms with E-state index in [0.29, 0.717) is 5.75 Å². The summed E-state index contributed by atoms with van der Waals surface area (Å²) in [5.74, 6) is 0.645. The van der Waals surface area contributed by atoms with Gasteiger partial charge in [0.2, 0.25) is 0 Å². The SMILES string of the molecule is Nc1ccc(SCc2cc(=O)n3ccsc3n2)c(Br)c1. The van der Waals surface area contributed by atoms with E-state index in [1.165, 1.54) is 11.3 Å². The molecular weight excluding hydrogens is 358 g/mol.